The maximum Gasteiger partial charge on any atom is 0.279 e. The van der Waals surface area contributed by atoms with E-state index >= 15 is 0 Å². The molecule has 1 heterocycles. The molecule has 1 aromatic heterocycles. The normalized spacial score (nSPS) is 11.8. The molecule has 9 heteroatoms. The summed E-state index contributed by atoms with van der Waals surface area (Å²) in [5.41, 5.74) is 5.54. The van der Waals surface area contributed by atoms with Gasteiger partial charge in [0.25, 0.3) is 5.91 Å². The van der Waals surface area contributed by atoms with Crippen molar-refractivity contribution in [3.63, 3.8) is 0 Å². The summed E-state index contributed by atoms with van der Waals surface area (Å²) in [6.07, 6.45) is -0.854. The zero-order chi connectivity index (χ0) is 19.2. The monoisotopic (exact) mass is 405 g/mol. The smallest absolute Gasteiger partial charge is 0.279 e. The van der Waals surface area contributed by atoms with Crippen molar-refractivity contribution in [2.24, 2.45) is 0 Å². The number of fused-ring (bicyclic) bond motifs is 1. The lowest BCUT2D eigenvalue weighted by atomic mass is 10.3. The van der Waals surface area contributed by atoms with Gasteiger partial charge < -0.3 is 4.74 Å². The van der Waals surface area contributed by atoms with Crippen LogP contribution in [0.4, 0.5) is 4.39 Å². The van der Waals surface area contributed by atoms with E-state index in [4.69, 9.17) is 4.74 Å². The Morgan fingerprint density at radius 1 is 1.19 bits per heavy atom. The minimum atomic E-state index is -0.854. The number of rotatable bonds is 6. The summed E-state index contributed by atoms with van der Waals surface area (Å²) >= 11 is 2.80. The molecule has 27 heavy (non-hydrogen) atoms. The topological polar surface area (TPSA) is 80.3 Å². The molecule has 0 aliphatic heterocycles. The van der Waals surface area contributed by atoms with Crippen molar-refractivity contribution >= 4 is 45.1 Å². The van der Waals surface area contributed by atoms with Crippen LogP contribution >= 0.6 is 23.1 Å². The average Bonchev–Trinajstić information content (AvgIpc) is 3.09. The first-order valence-electron chi connectivity index (χ1n) is 8.00. The van der Waals surface area contributed by atoms with Gasteiger partial charge in [-0.3, -0.25) is 20.4 Å². The van der Waals surface area contributed by atoms with Gasteiger partial charge in [0.05, 0.1) is 16.0 Å². The molecule has 2 amide bonds. The van der Waals surface area contributed by atoms with Crippen molar-refractivity contribution in [3.8, 4) is 5.75 Å². The molecule has 2 N–H and O–H groups in total. The van der Waals surface area contributed by atoms with Gasteiger partial charge in [0, 0.05) is 0 Å². The van der Waals surface area contributed by atoms with E-state index in [1.165, 1.54) is 54.3 Å². The van der Waals surface area contributed by atoms with Crippen LogP contribution in [0, 0.1) is 5.82 Å². The SMILES string of the molecule is C[C@H](Oc1ccc(F)cc1)C(=O)NNC(=O)CSc1nc2ccccc2s1. The number of thiazole rings is 1. The third kappa shape index (κ3) is 5.41. The summed E-state index contributed by atoms with van der Waals surface area (Å²) in [7, 11) is 0. The van der Waals surface area contributed by atoms with Crippen LogP contribution in [-0.4, -0.2) is 28.7 Å². The number of amides is 2. The van der Waals surface area contributed by atoms with Gasteiger partial charge in [0.2, 0.25) is 5.91 Å². The summed E-state index contributed by atoms with van der Waals surface area (Å²) in [6.45, 7) is 1.53. The number of para-hydroxylation sites is 1. The highest BCUT2D eigenvalue weighted by atomic mass is 32.2. The molecule has 0 saturated carbocycles. The molecule has 0 aliphatic carbocycles. The fourth-order valence-electron chi connectivity index (χ4n) is 2.08. The van der Waals surface area contributed by atoms with Crippen molar-refractivity contribution in [3.05, 3.63) is 54.3 Å². The Morgan fingerprint density at radius 2 is 1.93 bits per heavy atom. The number of thioether (sulfide) groups is 1. The number of hydrazine groups is 1. The van der Waals surface area contributed by atoms with Gasteiger partial charge >= 0.3 is 0 Å². The highest BCUT2D eigenvalue weighted by molar-refractivity contribution is 8.01. The highest BCUT2D eigenvalue weighted by Gasteiger charge is 2.16. The van der Waals surface area contributed by atoms with Crippen LogP contribution in [-0.2, 0) is 9.59 Å². The minimum Gasteiger partial charge on any atom is -0.481 e. The van der Waals surface area contributed by atoms with E-state index in [1.807, 2.05) is 24.3 Å². The van der Waals surface area contributed by atoms with Crippen LogP contribution < -0.4 is 15.6 Å². The van der Waals surface area contributed by atoms with Gasteiger partial charge in [-0.2, -0.15) is 0 Å². The van der Waals surface area contributed by atoms with Gasteiger partial charge in [-0.25, -0.2) is 9.37 Å². The molecule has 3 rings (SSSR count). The number of nitrogens with zero attached hydrogens (tertiary/aromatic N) is 1. The molecule has 6 nitrogen and oxygen atoms in total. The van der Waals surface area contributed by atoms with E-state index in [-0.39, 0.29) is 11.7 Å². The van der Waals surface area contributed by atoms with E-state index in [2.05, 4.69) is 15.8 Å². The van der Waals surface area contributed by atoms with Crippen molar-refractivity contribution < 1.29 is 18.7 Å². The molecular weight excluding hydrogens is 389 g/mol. The van der Waals surface area contributed by atoms with Crippen LogP contribution in [0.25, 0.3) is 10.2 Å². The summed E-state index contributed by atoms with van der Waals surface area (Å²) in [6, 6.07) is 13.1. The lowest BCUT2D eigenvalue weighted by Gasteiger charge is -2.15. The molecule has 0 radical (unpaired) electrons. The van der Waals surface area contributed by atoms with Crippen molar-refractivity contribution in [2.45, 2.75) is 17.4 Å². The third-order valence-electron chi connectivity index (χ3n) is 3.42. The third-order valence-corrected chi connectivity index (χ3v) is 5.60. The maximum atomic E-state index is 12.9. The Kier molecular flexibility index (Phi) is 6.25. The van der Waals surface area contributed by atoms with E-state index < -0.39 is 17.8 Å². The standard InChI is InChI=1S/C18H16FN3O3S2/c1-11(25-13-8-6-12(19)7-9-13)17(24)22-21-16(23)10-26-18-20-14-4-2-3-5-15(14)27-18/h2-9,11H,10H2,1H3,(H,21,23)(H,22,24)/t11-/m0/s1. The Hall–Kier alpha value is -2.65. The number of hydrogen-bond donors (Lipinski definition) is 2. The van der Waals surface area contributed by atoms with Gasteiger partial charge in [-0.1, -0.05) is 23.9 Å². The summed E-state index contributed by atoms with van der Waals surface area (Å²) < 4.78 is 20.1. The van der Waals surface area contributed by atoms with E-state index in [1.54, 1.807) is 0 Å². The van der Waals surface area contributed by atoms with Crippen molar-refractivity contribution in [2.75, 3.05) is 5.75 Å². The lowest BCUT2D eigenvalue weighted by Crippen LogP contribution is -2.47. The Labute approximate surface area is 163 Å². The zero-order valence-corrected chi connectivity index (χ0v) is 15.9. The number of benzene rings is 2. The van der Waals surface area contributed by atoms with Crippen LogP contribution in [0.15, 0.2) is 52.9 Å². The summed E-state index contributed by atoms with van der Waals surface area (Å²) in [5, 5.41) is 0. The number of aromatic nitrogens is 1. The zero-order valence-electron chi connectivity index (χ0n) is 14.3. The molecule has 0 saturated heterocycles. The Morgan fingerprint density at radius 3 is 2.67 bits per heavy atom. The number of carbonyl (C=O) groups is 2. The first kappa shape index (κ1) is 19.1. The van der Waals surface area contributed by atoms with Gasteiger partial charge in [-0.05, 0) is 43.3 Å². The van der Waals surface area contributed by atoms with Crippen molar-refractivity contribution in [1.29, 1.82) is 0 Å². The number of ether oxygens (including phenoxy) is 1. The Balaban J connectivity index is 1.42. The van der Waals surface area contributed by atoms with Crippen LogP contribution in [0.5, 0.6) is 5.75 Å². The number of hydrogen-bond acceptors (Lipinski definition) is 6. The average molecular weight is 405 g/mol. The highest BCUT2D eigenvalue weighted by Crippen LogP contribution is 2.28. The van der Waals surface area contributed by atoms with Crippen LogP contribution in [0.1, 0.15) is 6.92 Å². The first-order valence-corrected chi connectivity index (χ1v) is 9.81. The second kappa shape index (κ2) is 8.83. The largest absolute Gasteiger partial charge is 0.481 e. The second-order valence-electron chi connectivity index (χ2n) is 5.49. The van der Waals surface area contributed by atoms with Crippen molar-refractivity contribution in [1.82, 2.24) is 15.8 Å². The second-order valence-corrected chi connectivity index (χ2v) is 7.74. The summed E-state index contributed by atoms with van der Waals surface area (Å²) in [4.78, 5) is 28.3. The molecule has 2 aromatic carbocycles. The van der Waals surface area contributed by atoms with Crippen LogP contribution in [0.2, 0.25) is 0 Å². The number of nitrogens with one attached hydrogen (secondary N) is 2. The quantitative estimate of drug-likeness (QED) is 0.487. The molecule has 0 spiro atoms. The van der Waals surface area contributed by atoms with E-state index in [0.717, 1.165) is 14.6 Å². The lowest BCUT2D eigenvalue weighted by molar-refractivity contribution is -0.131. The number of halogens is 1. The minimum absolute atomic E-state index is 0.118. The Bertz CT molecular complexity index is 913. The van der Waals surface area contributed by atoms with Gasteiger partial charge in [0.15, 0.2) is 10.4 Å². The summed E-state index contributed by atoms with van der Waals surface area (Å²) in [5.74, 6) is -0.791. The fourth-order valence-corrected chi connectivity index (χ4v) is 3.95. The predicted octanol–water partition coefficient (Wildman–Crippen LogP) is 3.14. The van der Waals surface area contributed by atoms with Gasteiger partial charge in [-0.15, -0.1) is 11.3 Å². The molecule has 0 bridgehead atoms. The molecule has 1 atom stereocenters. The van der Waals surface area contributed by atoms with E-state index in [0.29, 0.717) is 5.75 Å². The molecule has 3 aromatic rings. The molecule has 0 unspecified atom stereocenters. The molecule has 140 valence electrons. The molecule has 0 aliphatic rings. The predicted molar refractivity (Wildman–Crippen MR) is 103 cm³/mol. The van der Waals surface area contributed by atoms with E-state index in [9.17, 15) is 14.0 Å². The molecule has 0 fully saturated rings. The first-order chi connectivity index (χ1) is 13.0. The maximum absolute atomic E-state index is 12.9. The molecular formula is C18H16FN3O3S2. The number of carbonyl (C=O) groups excluding carboxylic acids is 2. The fraction of sp³-hybridized carbons (Fsp3) is 0.167. The van der Waals surface area contributed by atoms with Crippen LogP contribution in [0.3, 0.4) is 0 Å². The van der Waals surface area contributed by atoms with Gasteiger partial charge in [0.1, 0.15) is 11.6 Å².